The van der Waals surface area contributed by atoms with Gasteiger partial charge in [-0.25, -0.2) is 0 Å². The molecule has 9 rings (SSSR count). The van der Waals surface area contributed by atoms with Crippen molar-refractivity contribution in [3.8, 4) is 22.3 Å². The number of benzene rings is 8. The second kappa shape index (κ2) is 14.5. The van der Waals surface area contributed by atoms with Crippen molar-refractivity contribution in [3.63, 3.8) is 0 Å². The van der Waals surface area contributed by atoms with E-state index in [4.69, 9.17) is 8.75 Å². The SMILES string of the molecule is C(=C(c1ccccc1)c1ccccc1)c1ccc(-c2c3ccccc3c(-c3ccc(C=C(c4ccccc4)c4ccccc4)cc3)c3nsnc23)cc1. The maximum Gasteiger partial charge on any atom is 0.113 e. The number of fused-ring (bicyclic) bond motifs is 2. The summed E-state index contributed by atoms with van der Waals surface area (Å²) < 4.78 is 9.83. The van der Waals surface area contributed by atoms with Gasteiger partial charge in [0.2, 0.25) is 0 Å². The Hall–Kier alpha value is -6.68. The molecule has 0 atom stereocenters. The summed E-state index contributed by atoms with van der Waals surface area (Å²) in [5, 5.41) is 2.33. The molecule has 1 heterocycles. The molecule has 0 N–H and O–H groups in total. The number of hydrogen-bond donors (Lipinski definition) is 0. The Kier molecular flexibility index (Phi) is 8.83. The van der Waals surface area contributed by atoms with Crippen LogP contribution < -0.4 is 0 Å². The first-order valence-corrected chi connectivity index (χ1v) is 18.6. The predicted molar refractivity (Wildman–Crippen MR) is 226 cm³/mol. The minimum atomic E-state index is 0.931. The highest BCUT2D eigenvalue weighted by atomic mass is 32.1. The monoisotopic (exact) mass is 694 g/mol. The normalized spacial score (nSPS) is 11.0. The Bertz CT molecular complexity index is 2440. The van der Waals surface area contributed by atoms with E-state index in [1.54, 1.807) is 0 Å². The minimum absolute atomic E-state index is 0.931. The summed E-state index contributed by atoms with van der Waals surface area (Å²) in [7, 11) is 0. The van der Waals surface area contributed by atoms with Crippen LogP contribution in [-0.2, 0) is 0 Å². The van der Waals surface area contributed by atoms with E-state index in [1.807, 2.05) is 0 Å². The van der Waals surface area contributed by atoms with Crippen molar-refractivity contribution in [2.24, 2.45) is 0 Å². The topological polar surface area (TPSA) is 25.8 Å². The van der Waals surface area contributed by atoms with Crippen LogP contribution >= 0.6 is 11.7 Å². The predicted octanol–water partition coefficient (Wildman–Crippen LogP) is 13.4. The van der Waals surface area contributed by atoms with Gasteiger partial charge in [0.25, 0.3) is 0 Å². The van der Waals surface area contributed by atoms with Crippen molar-refractivity contribution in [2.75, 3.05) is 0 Å². The molecule has 0 spiro atoms. The average Bonchev–Trinajstić information content (AvgIpc) is 3.72. The van der Waals surface area contributed by atoms with Gasteiger partial charge in [0.15, 0.2) is 0 Å². The smallest absolute Gasteiger partial charge is 0.113 e. The zero-order valence-electron chi connectivity index (χ0n) is 28.9. The van der Waals surface area contributed by atoms with E-state index < -0.39 is 0 Å². The molecular weight excluding hydrogens is 661 g/mol. The molecular formula is C50H34N2S. The van der Waals surface area contributed by atoms with Gasteiger partial charge in [0.1, 0.15) is 11.0 Å². The van der Waals surface area contributed by atoms with Gasteiger partial charge in [-0.05, 0) is 78.6 Å². The lowest BCUT2D eigenvalue weighted by Gasteiger charge is -2.14. The summed E-state index contributed by atoms with van der Waals surface area (Å²) in [6.07, 6.45) is 4.55. The first kappa shape index (κ1) is 32.2. The molecule has 2 nitrogen and oxygen atoms in total. The van der Waals surface area contributed by atoms with Gasteiger partial charge in [-0.3, -0.25) is 0 Å². The molecule has 250 valence electrons. The Balaban J connectivity index is 1.11. The van der Waals surface area contributed by atoms with Gasteiger partial charge < -0.3 is 0 Å². The van der Waals surface area contributed by atoms with Crippen molar-refractivity contribution >= 4 is 56.8 Å². The fourth-order valence-electron chi connectivity index (χ4n) is 7.24. The van der Waals surface area contributed by atoms with E-state index in [0.29, 0.717) is 0 Å². The summed E-state index contributed by atoms with van der Waals surface area (Å²) in [4.78, 5) is 0. The molecule has 0 bridgehead atoms. The van der Waals surface area contributed by atoms with Gasteiger partial charge in [-0.1, -0.05) is 194 Å². The van der Waals surface area contributed by atoms with Crippen LogP contribution in [0.4, 0.5) is 0 Å². The second-order valence-corrected chi connectivity index (χ2v) is 13.6. The van der Waals surface area contributed by atoms with Crippen LogP contribution in [-0.4, -0.2) is 8.75 Å². The third kappa shape index (κ3) is 6.51. The highest BCUT2D eigenvalue weighted by Crippen LogP contribution is 2.43. The van der Waals surface area contributed by atoms with Gasteiger partial charge in [0.05, 0.1) is 11.7 Å². The molecule has 0 fully saturated rings. The third-order valence-electron chi connectivity index (χ3n) is 9.79. The third-order valence-corrected chi connectivity index (χ3v) is 10.3. The Labute approximate surface area is 314 Å². The average molecular weight is 695 g/mol. The fourth-order valence-corrected chi connectivity index (χ4v) is 7.80. The summed E-state index contributed by atoms with van der Waals surface area (Å²) in [5.74, 6) is 0. The second-order valence-electron chi connectivity index (χ2n) is 13.1. The van der Waals surface area contributed by atoms with Crippen molar-refractivity contribution in [2.45, 2.75) is 0 Å². The first-order chi connectivity index (χ1) is 26.3. The van der Waals surface area contributed by atoms with Gasteiger partial charge >= 0.3 is 0 Å². The van der Waals surface area contributed by atoms with Crippen molar-refractivity contribution in [1.29, 1.82) is 0 Å². The van der Waals surface area contributed by atoms with Crippen LogP contribution in [0.15, 0.2) is 194 Å². The van der Waals surface area contributed by atoms with Crippen molar-refractivity contribution in [3.05, 3.63) is 228 Å². The highest BCUT2D eigenvalue weighted by molar-refractivity contribution is 7.00. The first-order valence-electron chi connectivity index (χ1n) is 17.8. The van der Waals surface area contributed by atoms with Crippen LogP contribution in [0.1, 0.15) is 33.4 Å². The van der Waals surface area contributed by atoms with Crippen molar-refractivity contribution < 1.29 is 0 Å². The molecule has 1 aromatic heterocycles. The van der Waals surface area contributed by atoms with E-state index in [9.17, 15) is 0 Å². The molecule has 0 amide bonds. The van der Waals surface area contributed by atoms with Crippen LogP contribution in [0.25, 0.3) is 67.4 Å². The molecule has 0 aliphatic carbocycles. The maximum atomic E-state index is 4.91. The zero-order chi connectivity index (χ0) is 35.4. The summed E-state index contributed by atoms with van der Waals surface area (Å²) >= 11 is 1.28. The minimum Gasteiger partial charge on any atom is -0.172 e. The number of rotatable bonds is 8. The Morgan fingerprint density at radius 1 is 0.340 bits per heavy atom. The van der Waals surface area contributed by atoms with Crippen LogP contribution in [0.5, 0.6) is 0 Å². The van der Waals surface area contributed by atoms with Gasteiger partial charge in [-0.2, -0.15) is 8.75 Å². The van der Waals surface area contributed by atoms with Crippen LogP contribution in [0, 0.1) is 0 Å². The standard InChI is InChI=1S/C50H34N2S/c1-5-15-37(16-6-1)45(38-17-7-2-8-18-38)33-35-25-29-41(30-26-35)47-43-23-13-14-24-44(43)48(50-49(47)51-53-52-50)42-31-27-36(28-32-42)34-46(39-19-9-3-10-20-39)40-21-11-4-12-22-40/h1-34H. The molecule has 0 aliphatic heterocycles. The Morgan fingerprint density at radius 2 is 0.642 bits per heavy atom. The van der Waals surface area contributed by atoms with E-state index in [-0.39, 0.29) is 0 Å². The number of aromatic nitrogens is 2. The molecule has 0 saturated heterocycles. The summed E-state index contributed by atoms with van der Waals surface area (Å²) in [6.45, 7) is 0. The summed E-state index contributed by atoms with van der Waals surface area (Å²) in [5.41, 5.74) is 15.8. The van der Waals surface area contributed by atoms with E-state index in [0.717, 1.165) is 44.4 Å². The van der Waals surface area contributed by atoms with E-state index >= 15 is 0 Å². The van der Waals surface area contributed by atoms with Gasteiger partial charge in [-0.15, -0.1) is 0 Å². The lowest BCUT2D eigenvalue weighted by atomic mass is 9.89. The number of nitrogens with zero attached hydrogens (tertiary/aromatic N) is 2. The molecule has 0 unspecified atom stereocenters. The van der Waals surface area contributed by atoms with Crippen LogP contribution in [0.3, 0.4) is 0 Å². The Morgan fingerprint density at radius 3 is 0.962 bits per heavy atom. The molecule has 9 aromatic rings. The van der Waals surface area contributed by atoms with E-state index in [2.05, 4.69) is 206 Å². The molecule has 8 aromatic carbocycles. The zero-order valence-corrected chi connectivity index (χ0v) is 29.7. The maximum absolute atomic E-state index is 4.91. The lowest BCUT2D eigenvalue weighted by Crippen LogP contribution is -1.91. The lowest BCUT2D eigenvalue weighted by molar-refractivity contribution is 1.55. The molecule has 0 radical (unpaired) electrons. The largest absolute Gasteiger partial charge is 0.172 e. The fraction of sp³-hybridized carbons (Fsp3) is 0. The molecule has 53 heavy (non-hydrogen) atoms. The van der Waals surface area contributed by atoms with Gasteiger partial charge in [0, 0.05) is 11.1 Å². The molecule has 3 heteroatoms. The number of hydrogen-bond acceptors (Lipinski definition) is 3. The van der Waals surface area contributed by atoms with E-state index in [1.165, 1.54) is 55.9 Å². The molecule has 0 aliphatic rings. The molecule has 0 saturated carbocycles. The summed E-state index contributed by atoms with van der Waals surface area (Å²) in [6, 6.07) is 68.7. The van der Waals surface area contributed by atoms with Crippen LogP contribution in [0.2, 0.25) is 0 Å². The highest BCUT2D eigenvalue weighted by Gasteiger charge is 2.20. The van der Waals surface area contributed by atoms with Crippen molar-refractivity contribution in [1.82, 2.24) is 8.75 Å². The quantitative estimate of drug-likeness (QED) is 0.148.